The van der Waals surface area contributed by atoms with Crippen LogP contribution in [0.15, 0.2) is 47.4 Å². The molecule has 1 heterocycles. The molecule has 2 aromatic rings. The summed E-state index contributed by atoms with van der Waals surface area (Å²) in [5, 5.41) is 3.27. The van der Waals surface area contributed by atoms with Gasteiger partial charge in [0.15, 0.2) is 0 Å². The highest BCUT2D eigenvalue weighted by molar-refractivity contribution is 7.98. The van der Waals surface area contributed by atoms with Gasteiger partial charge in [-0.25, -0.2) is 0 Å². The van der Waals surface area contributed by atoms with Gasteiger partial charge in [-0.2, -0.15) is 17.7 Å². The highest BCUT2D eigenvalue weighted by Gasteiger charge is 2.11. The summed E-state index contributed by atoms with van der Waals surface area (Å²) in [4.78, 5) is 17.3. The first kappa shape index (κ1) is 16.6. The number of benzene rings is 1. The standard InChI is InChI=1S/C16H21N3O2S/c1-22-10-8-18-11-14-7-9-19(16(20)15(14)21-17)12-13-5-3-2-4-6-13/h2-7,9,18H,8,10-12,17H2,1H3. The molecule has 0 fully saturated rings. The maximum Gasteiger partial charge on any atom is 0.296 e. The van der Waals surface area contributed by atoms with Crippen LogP contribution in [0.5, 0.6) is 5.75 Å². The third kappa shape index (κ3) is 4.37. The quantitative estimate of drug-likeness (QED) is 0.571. The Hall–Kier alpha value is -1.76. The number of rotatable bonds is 8. The van der Waals surface area contributed by atoms with E-state index in [2.05, 4.69) is 11.6 Å². The van der Waals surface area contributed by atoms with Crippen molar-refractivity contribution >= 4 is 11.8 Å². The minimum atomic E-state index is -0.212. The van der Waals surface area contributed by atoms with Crippen molar-refractivity contribution < 1.29 is 4.84 Å². The zero-order chi connectivity index (χ0) is 15.8. The first-order valence-corrected chi connectivity index (χ1v) is 8.48. The van der Waals surface area contributed by atoms with Gasteiger partial charge < -0.3 is 14.7 Å². The molecule has 0 bridgehead atoms. The topological polar surface area (TPSA) is 69.3 Å². The van der Waals surface area contributed by atoms with Gasteiger partial charge in [-0.1, -0.05) is 30.3 Å². The van der Waals surface area contributed by atoms with Crippen LogP contribution in [0.1, 0.15) is 11.1 Å². The molecule has 0 saturated heterocycles. The van der Waals surface area contributed by atoms with Crippen molar-refractivity contribution in [2.45, 2.75) is 13.1 Å². The van der Waals surface area contributed by atoms with E-state index in [1.54, 1.807) is 22.5 Å². The van der Waals surface area contributed by atoms with Gasteiger partial charge in [-0.15, -0.1) is 0 Å². The van der Waals surface area contributed by atoms with E-state index in [1.165, 1.54) is 0 Å². The van der Waals surface area contributed by atoms with Gasteiger partial charge in [0.05, 0.1) is 6.54 Å². The van der Waals surface area contributed by atoms with Crippen LogP contribution < -0.4 is 21.6 Å². The van der Waals surface area contributed by atoms with E-state index in [1.807, 2.05) is 36.4 Å². The summed E-state index contributed by atoms with van der Waals surface area (Å²) in [7, 11) is 0. The summed E-state index contributed by atoms with van der Waals surface area (Å²) in [5.74, 6) is 6.52. The van der Waals surface area contributed by atoms with Crippen molar-refractivity contribution in [3.63, 3.8) is 0 Å². The molecule has 22 heavy (non-hydrogen) atoms. The average Bonchev–Trinajstić information content (AvgIpc) is 2.55. The van der Waals surface area contributed by atoms with Gasteiger partial charge in [0.1, 0.15) is 0 Å². The van der Waals surface area contributed by atoms with Gasteiger partial charge in [-0.3, -0.25) is 4.79 Å². The Morgan fingerprint density at radius 1 is 1.27 bits per heavy atom. The lowest BCUT2D eigenvalue weighted by atomic mass is 10.2. The fourth-order valence-corrected chi connectivity index (χ4v) is 2.51. The maximum absolute atomic E-state index is 12.4. The fraction of sp³-hybridized carbons (Fsp3) is 0.312. The monoisotopic (exact) mass is 319 g/mol. The molecule has 0 amide bonds. The molecule has 2 rings (SSSR count). The van der Waals surface area contributed by atoms with Gasteiger partial charge in [0.25, 0.3) is 5.56 Å². The fourth-order valence-electron chi connectivity index (χ4n) is 2.16. The van der Waals surface area contributed by atoms with Gasteiger partial charge >= 0.3 is 0 Å². The molecule has 3 N–H and O–H groups in total. The number of nitrogens with two attached hydrogens (primary N) is 1. The molecule has 6 heteroatoms. The van der Waals surface area contributed by atoms with Crippen LogP contribution in [0.4, 0.5) is 0 Å². The summed E-state index contributed by atoms with van der Waals surface area (Å²) in [6, 6.07) is 11.7. The number of pyridine rings is 1. The van der Waals surface area contributed by atoms with Gasteiger partial charge in [0.2, 0.25) is 5.75 Å². The van der Waals surface area contributed by atoms with Crippen LogP contribution >= 0.6 is 11.8 Å². The minimum absolute atomic E-state index is 0.204. The molecule has 0 spiro atoms. The Labute approximate surface area is 134 Å². The van der Waals surface area contributed by atoms with E-state index >= 15 is 0 Å². The average molecular weight is 319 g/mol. The van der Waals surface area contributed by atoms with E-state index < -0.39 is 0 Å². The number of aromatic nitrogens is 1. The molecule has 0 saturated carbocycles. The maximum atomic E-state index is 12.4. The van der Waals surface area contributed by atoms with Crippen molar-refractivity contribution in [1.82, 2.24) is 9.88 Å². The summed E-state index contributed by atoms with van der Waals surface area (Å²) in [6.07, 6.45) is 3.84. The predicted octanol–water partition coefficient (Wildman–Crippen LogP) is 1.60. The zero-order valence-corrected chi connectivity index (χ0v) is 13.4. The van der Waals surface area contributed by atoms with Gasteiger partial charge in [-0.05, 0) is 17.9 Å². The second kappa shape index (κ2) is 8.63. The molecule has 0 aliphatic heterocycles. The van der Waals surface area contributed by atoms with Crippen molar-refractivity contribution in [2.24, 2.45) is 5.90 Å². The van der Waals surface area contributed by atoms with Crippen molar-refractivity contribution in [1.29, 1.82) is 0 Å². The SMILES string of the molecule is CSCCNCc1ccn(Cc2ccccc2)c(=O)c1ON. The Morgan fingerprint density at radius 2 is 2.05 bits per heavy atom. The van der Waals surface area contributed by atoms with Crippen molar-refractivity contribution in [3.8, 4) is 5.75 Å². The van der Waals surface area contributed by atoms with Crippen LogP contribution in [0, 0.1) is 0 Å². The molecule has 0 aliphatic carbocycles. The molecule has 1 aromatic heterocycles. The first-order valence-electron chi connectivity index (χ1n) is 7.09. The van der Waals surface area contributed by atoms with Crippen LogP contribution in [-0.4, -0.2) is 23.1 Å². The van der Waals surface area contributed by atoms with Crippen LogP contribution in [-0.2, 0) is 13.1 Å². The Kier molecular flexibility index (Phi) is 6.51. The number of hydrogen-bond acceptors (Lipinski definition) is 5. The van der Waals surface area contributed by atoms with E-state index in [-0.39, 0.29) is 11.3 Å². The minimum Gasteiger partial charge on any atom is -0.405 e. The molecule has 0 atom stereocenters. The summed E-state index contributed by atoms with van der Waals surface area (Å²) in [6.45, 7) is 1.93. The summed E-state index contributed by atoms with van der Waals surface area (Å²) < 4.78 is 1.60. The Bertz CT molecular complexity index is 644. The highest BCUT2D eigenvalue weighted by Crippen LogP contribution is 2.12. The third-order valence-electron chi connectivity index (χ3n) is 3.31. The summed E-state index contributed by atoms with van der Waals surface area (Å²) in [5.41, 5.74) is 1.62. The van der Waals surface area contributed by atoms with E-state index in [9.17, 15) is 4.79 Å². The molecular weight excluding hydrogens is 298 g/mol. The molecule has 118 valence electrons. The summed E-state index contributed by atoms with van der Waals surface area (Å²) >= 11 is 1.77. The molecule has 5 nitrogen and oxygen atoms in total. The lowest BCUT2D eigenvalue weighted by Gasteiger charge is -2.12. The Balaban J connectivity index is 2.15. The normalized spacial score (nSPS) is 10.6. The number of thioether (sulfide) groups is 1. The first-order chi connectivity index (χ1) is 10.8. The predicted molar refractivity (Wildman–Crippen MR) is 91.2 cm³/mol. The largest absolute Gasteiger partial charge is 0.405 e. The van der Waals surface area contributed by atoms with Crippen molar-refractivity contribution in [2.75, 3.05) is 18.6 Å². The second-order valence-corrected chi connectivity index (χ2v) is 5.86. The second-order valence-electron chi connectivity index (χ2n) is 4.88. The molecule has 0 aliphatic rings. The number of hydrogen-bond donors (Lipinski definition) is 2. The third-order valence-corrected chi connectivity index (χ3v) is 3.93. The van der Waals surface area contributed by atoms with E-state index in [0.29, 0.717) is 13.1 Å². The molecular formula is C16H21N3O2S. The molecule has 0 unspecified atom stereocenters. The number of nitrogens with zero attached hydrogens (tertiary/aromatic N) is 1. The lowest BCUT2D eigenvalue weighted by molar-refractivity contribution is 0.321. The van der Waals surface area contributed by atoms with E-state index in [0.717, 1.165) is 23.4 Å². The van der Waals surface area contributed by atoms with Crippen LogP contribution in [0.25, 0.3) is 0 Å². The van der Waals surface area contributed by atoms with Crippen LogP contribution in [0.3, 0.4) is 0 Å². The molecule has 1 aromatic carbocycles. The van der Waals surface area contributed by atoms with Crippen LogP contribution in [0.2, 0.25) is 0 Å². The highest BCUT2D eigenvalue weighted by atomic mass is 32.2. The number of nitrogens with one attached hydrogen (secondary N) is 1. The van der Waals surface area contributed by atoms with Gasteiger partial charge in [0, 0.05) is 30.6 Å². The van der Waals surface area contributed by atoms with Crippen molar-refractivity contribution in [3.05, 3.63) is 64.1 Å². The molecule has 0 radical (unpaired) electrons. The Morgan fingerprint density at radius 3 is 2.73 bits per heavy atom. The zero-order valence-electron chi connectivity index (χ0n) is 12.6. The van der Waals surface area contributed by atoms with E-state index in [4.69, 9.17) is 10.7 Å². The smallest absolute Gasteiger partial charge is 0.296 e. The lowest BCUT2D eigenvalue weighted by Crippen LogP contribution is -2.27.